The van der Waals surface area contributed by atoms with Crippen LogP contribution in [0.2, 0.25) is 5.02 Å². The number of carbonyl (C=O) groups excluding carboxylic acids is 1. The molecule has 1 aromatic heterocycles. The highest BCUT2D eigenvalue weighted by Crippen LogP contribution is 2.35. The van der Waals surface area contributed by atoms with Crippen LogP contribution in [0.3, 0.4) is 0 Å². The molecule has 0 saturated carbocycles. The van der Waals surface area contributed by atoms with Crippen LogP contribution in [0.25, 0.3) is 10.1 Å². The maximum absolute atomic E-state index is 12.3. The fraction of sp³-hybridized carbons (Fsp3) is 0.400. The van der Waals surface area contributed by atoms with Gasteiger partial charge in [0.25, 0.3) is 0 Å². The second-order valence-electron chi connectivity index (χ2n) is 5.58. The Morgan fingerprint density at radius 3 is 2.87 bits per heavy atom. The lowest BCUT2D eigenvalue weighted by Crippen LogP contribution is -2.45. The first-order chi connectivity index (χ1) is 10.9. The van der Waals surface area contributed by atoms with Crippen molar-refractivity contribution < 1.29 is 13.2 Å². The van der Waals surface area contributed by atoms with Gasteiger partial charge in [-0.25, -0.2) is 8.42 Å². The van der Waals surface area contributed by atoms with Crippen molar-refractivity contribution in [3.63, 3.8) is 0 Å². The van der Waals surface area contributed by atoms with Crippen LogP contribution in [0.1, 0.15) is 17.7 Å². The fourth-order valence-corrected chi connectivity index (χ4v) is 5.43. The summed E-state index contributed by atoms with van der Waals surface area (Å²) in [7, 11) is -3.36. The highest BCUT2D eigenvalue weighted by molar-refractivity contribution is 7.88. The summed E-state index contributed by atoms with van der Waals surface area (Å²) in [6, 6.07) is 7.19. The Bertz CT molecular complexity index is 848. The average Bonchev–Trinajstić information content (AvgIpc) is 3.10. The van der Waals surface area contributed by atoms with Gasteiger partial charge in [0.1, 0.15) is 6.04 Å². The van der Waals surface area contributed by atoms with Crippen LogP contribution in [0.4, 0.5) is 0 Å². The van der Waals surface area contributed by atoms with E-state index in [1.807, 2.05) is 24.3 Å². The van der Waals surface area contributed by atoms with E-state index in [4.69, 9.17) is 11.6 Å². The minimum absolute atomic E-state index is 0.263. The smallest absolute Gasteiger partial charge is 0.238 e. The van der Waals surface area contributed by atoms with Gasteiger partial charge in [-0.15, -0.1) is 11.3 Å². The molecule has 2 aromatic rings. The topological polar surface area (TPSA) is 66.5 Å². The summed E-state index contributed by atoms with van der Waals surface area (Å²) in [5.41, 5.74) is 0. The summed E-state index contributed by atoms with van der Waals surface area (Å²) in [6.45, 7) is 0.714. The summed E-state index contributed by atoms with van der Waals surface area (Å²) in [4.78, 5) is 13.2. The quantitative estimate of drug-likeness (QED) is 0.897. The summed E-state index contributed by atoms with van der Waals surface area (Å²) >= 11 is 7.89. The number of nitrogens with zero attached hydrogens (tertiary/aromatic N) is 1. The van der Waals surface area contributed by atoms with Gasteiger partial charge in [0.15, 0.2) is 0 Å². The molecule has 0 aliphatic carbocycles. The molecule has 0 radical (unpaired) electrons. The number of hydrogen-bond acceptors (Lipinski definition) is 4. The number of rotatable bonds is 4. The van der Waals surface area contributed by atoms with Crippen molar-refractivity contribution in [1.29, 1.82) is 0 Å². The van der Waals surface area contributed by atoms with Crippen molar-refractivity contribution >= 4 is 49.0 Å². The van der Waals surface area contributed by atoms with Crippen LogP contribution in [0, 0.1) is 0 Å². The zero-order valence-electron chi connectivity index (χ0n) is 12.6. The zero-order valence-corrected chi connectivity index (χ0v) is 15.0. The molecular formula is C15H17ClN2O3S2. The molecule has 1 amide bonds. The first kappa shape index (κ1) is 16.7. The summed E-state index contributed by atoms with van der Waals surface area (Å²) in [5, 5.41) is 4.45. The van der Waals surface area contributed by atoms with Crippen molar-refractivity contribution in [2.75, 3.05) is 12.8 Å². The van der Waals surface area contributed by atoms with Crippen molar-refractivity contribution in [3.8, 4) is 0 Å². The minimum atomic E-state index is -3.36. The van der Waals surface area contributed by atoms with E-state index in [1.54, 1.807) is 0 Å². The maximum atomic E-state index is 12.3. The van der Waals surface area contributed by atoms with Crippen LogP contribution >= 0.6 is 22.9 Å². The standard InChI is InChI=1S/C15H17ClN2O3S2/c1-23(20,21)18-8-4-6-11(18)15(19)17-9-13-14(16)10-5-2-3-7-12(10)22-13/h2-3,5,7,11H,4,6,8-9H2,1H3,(H,17,19)/t11-/m0/s1. The van der Waals surface area contributed by atoms with Crippen molar-refractivity contribution in [2.24, 2.45) is 0 Å². The summed E-state index contributed by atoms with van der Waals surface area (Å²) < 4.78 is 25.8. The molecule has 1 N–H and O–H groups in total. The maximum Gasteiger partial charge on any atom is 0.238 e. The first-order valence-corrected chi connectivity index (χ1v) is 10.3. The first-order valence-electron chi connectivity index (χ1n) is 7.28. The molecule has 1 aliphatic heterocycles. The van der Waals surface area contributed by atoms with Crippen molar-refractivity contribution in [2.45, 2.75) is 25.4 Å². The van der Waals surface area contributed by atoms with E-state index in [0.29, 0.717) is 31.0 Å². The molecule has 0 bridgehead atoms. The molecule has 8 heteroatoms. The molecule has 23 heavy (non-hydrogen) atoms. The largest absolute Gasteiger partial charge is 0.350 e. The Hall–Kier alpha value is -1.15. The lowest BCUT2D eigenvalue weighted by Gasteiger charge is -2.21. The van der Waals surface area contributed by atoms with E-state index < -0.39 is 16.1 Å². The Labute approximate surface area is 144 Å². The molecule has 1 fully saturated rings. The van der Waals surface area contributed by atoms with E-state index >= 15 is 0 Å². The molecule has 1 aromatic carbocycles. The third kappa shape index (κ3) is 3.38. The third-order valence-corrected chi connectivity index (χ3v) is 6.96. The number of benzene rings is 1. The van der Waals surface area contributed by atoms with Crippen LogP contribution < -0.4 is 5.32 Å². The molecule has 0 spiro atoms. The molecular weight excluding hydrogens is 356 g/mol. The molecule has 1 saturated heterocycles. The third-order valence-electron chi connectivity index (χ3n) is 3.96. The minimum Gasteiger partial charge on any atom is -0.350 e. The molecule has 2 heterocycles. The van der Waals surface area contributed by atoms with Gasteiger partial charge in [-0.05, 0) is 18.9 Å². The zero-order chi connectivity index (χ0) is 16.6. The molecule has 124 valence electrons. The second-order valence-corrected chi connectivity index (χ2v) is 9.03. The number of halogens is 1. The molecule has 5 nitrogen and oxygen atoms in total. The van der Waals surface area contributed by atoms with Gasteiger partial charge in [-0.3, -0.25) is 4.79 Å². The lowest BCUT2D eigenvalue weighted by molar-refractivity contribution is -0.124. The number of carbonyl (C=O) groups is 1. The number of thiophene rings is 1. The number of nitrogens with one attached hydrogen (secondary N) is 1. The monoisotopic (exact) mass is 372 g/mol. The molecule has 1 atom stereocenters. The van der Waals surface area contributed by atoms with Crippen LogP contribution in [-0.2, 0) is 21.4 Å². The number of fused-ring (bicyclic) bond motifs is 1. The number of hydrogen-bond donors (Lipinski definition) is 1. The Balaban J connectivity index is 1.72. The van der Waals surface area contributed by atoms with Crippen molar-refractivity contribution in [1.82, 2.24) is 9.62 Å². The van der Waals surface area contributed by atoms with Gasteiger partial charge in [0.05, 0.1) is 17.8 Å². The van der Waals surface area contributed by atoms with Gasteiger partial charge in [-0.2, -0.15) is 4.31 Å². The summed E-state index contributed by atoms with van der Waals surface area (Å²) in [6.07, 6.45) is 2.40. The lowest BCUT2D eigenvalue weighted by atomic mass is 10.2. The predicted octanol–water partition coefficient (Wildman–Crippen LogP) is 2.59. The Morgan fingerprint density at radius 2 is 2.17 bits per heavy atom. The van der Waals surface area contributed by atoms with E-state index in [-0.39, 0.29) is 5.91 Å². The van der Waals surface area contributed by atoms with Crippen LogP contribution in [0.5, 0.6) is 0 Å². The highest BCUT2D eigenvalue weighted by atomic mass is 35.5. The highest BCUT2D eigenvalue weighted by Gasteiger charge is 2.36. The van der Waals surface area contributed by atoms with Crippen LogP contribution in [-0.4, -0.2) is 37.5 Å². The van der Waals surface area contributed by atoms with Crippen molar-refractivity contribution in [3.05, 3.63) is 34.2 Å². The second kappa shape index (κ2) is 6.39. The normalized spacial score (nSPS) is 19.3. The molecule has 0 unspecified atom stereocenters. The van der Waals surface area contributed by atoms with E-state index in [9.17, 15) is 13.2 Å². The number of sulfonamides is 1. The van der Waals surface area contributed by atoms with E-state index in [1.165, 1.54) is 15.6 Å². The predicted molar refractivity (Wildman–Crippen MR) is 93.3 cm³/mol. The van der Waals surface area contributed by atoms with Gasteiger partial charge in [0, 0.05) is 21.5 Å². The number of amides is 1. The van der Waals surface area contributed by atoms with E-state index in [2.05, 4.69) is 5.32 Å². The SMILES string of the molecule is CS(=O)(=O)N1CCC[C@H]1C(=O)NCc1sc2ccccc2c1Cl. The average molecular weight is 373 g/mol. The summed E-state index contributed by atoms with van der Waals surface area (Å²) in [5.74, 6) is -0.263. The van der Waals surface area contributed by atoms with E-state index in [0.717, 1.165) is 21.2 Å². The molecule has 1 aliphatic rings. The fourth-order valence-electron chi connectivity index (χ4n) is 2.86. The van der Waals surface area contributed by atoms with Crippen LogP contribution in [0.15, 0.2) is 24.3 Å². The van der Waals surface area contributed by atoms with Gasteiger partial charge < -0.3 is 5.32 Å². The molecule has 3 rings (SSSR count). The van der Waals surface area contributed by atoms with Gasteiger partial charge in [-0.1, -0.05) is 29.8 Å². The Kier molecular flexibility index (Phi) is 4.64. The van der Waals surface area contributed by atoms with Gasteiger partial charge in [0.2, 0.25) is 15.9 Å². The Morgan fingerprint density at radius 1 is 1.43 bits per heavy atom. The van der Waals surface area contributed by atoms with Gasteiger partial charge >= 0.3 is 0 Å².